The van der Waals surface area contributed by atoms with Crippen LogP contribution in [0.1, 0.15) is 30.4 Å². The van der Waals surface area contributed by atoms with E-state index in [1.807, 2.05) is 30.9 Å². The van der Waals surface area contributed by atoms with E-state index in [4.69, 9.17) is 18.0 Å². The number of nitrogens with two attached hydrogens (primary N) is 1. The Hall–Kier alpha value is -1.62. The second-order valence-electron chi connectivity index (χ2n) is 5.41. The van der Waals surface area contributed by atoms with Gasteiger partial charge in [0.2, 0.25) is 5.91 Å². The molecule has 1 aliphatic rings. The Bertz CT molecular complexity index is 510. The molecule has 1 aromatic rings. The SMILES string of the molecule is Cc1cc(C)cc(NC(=S)N2CCCC[C@@H]2C(N)=O)c1. The Morgan fingerprint density at radius 2 is 1.95 bits per heavy atom. The van der Waals surface area contributed by atoms with E-state index in [1.54, 1.807) is 0 Å². The van der Waals surface area contributed by atoms with Crippen LogP contribution in [0.5, 0.6) is 0 Å². The van der Waals surface area contributed by atoms with E-state index in [2.05, 4.69) is 11.4 Å². The van der Waals surface area contributed by atoms with Crippen LogP contribution in [-0.4, -0.2) is 28.5 Å². The van der Waals surface area contributed by atoms with E-state index in [1.165, 1.54) is 11.1 Å². The number of amides is 1. The summed E-state index contributed by atoms with van der Waals surface area (Å²) in [5.41, 5.74) is 8.79. The number of nitrogens with one attached hydrogen (secondary N) is 1. The Morgan fingerprint density at radius 1 is 1.30 bits per heavy atom. The summed E-state index contributed by atoms with van der Waals surface area (Å²) in [6.45, 7) is 4.88. The zero-order valence-corrected chi connectivity index (χ0v) is 12.8. The summed E-state index contributed by atoms with van der Waals surface area (Å²) >= 11 is 5.45. The number of nitrogens with zero attached hydrogens (tertiary/aromatic N) is 1. The second-order valence-corrected chi connectivity index (χ2v) is 5.80. The van der Waals surface area contributed by atoms with Crippen molar-refractivity contribution in [3.8, 4) is 0 Å². The minimum atomic E-state index is -0.297. The first kappa shape index (κ1) is 14.8. The van der Waals surface area contributed by atoms with Gasteiger partial charge in [0.15, 0.2) is 5.11 Å². The van der Waals surface area contributed by atoms with Gasteiger partial charge in [-0.3, -0.25) is 4.79 Å². The van der Waals surface area contributed by atoms with Crippen molar-refractivity contribution >= 4 is 28.9 Å². The lowest BCUT2D eigenvalue weighted by molar-refractivity contribution is -0.122. The van der Waals surface area contributed by atoms with Gasteiger partial charge in [0, 0.05) is 12.2 Å². The molecule has 108 valence electrons. The van der Waals surface area contributed by atoms with Gasteiger partial charge < -0.3 is 16.0 Å². The summed E-state index contributed by atoms with van der Waals surface area (Å²) in [5, 5.41) is 3.81. The van der Waals surface area contributed by atoms with Gasteiger partial charge in [-0.2, -0.15) is 0 Å². The normalized spacial score (nSPS) is 18.7. The molecule has 5 heteroatoms. The highest BCUT2D eigenvalue weighted by molar-refractivity contribution is 7.80. The van der Waals surface area contributed by atoms with Gasteiger partial charge in [-0.05, 0) is 68.6 Å². The number of hydrogen-bond donors (Lipinski definition) is 2. The van der Waals surface area contributed by atoms with E-state index in [-0.39, 0.29) is 11.9 Å². The van der Waals surface area contributed by atoms with Crippen molar-refractivity contribution < 1.29 is 4.79 Å². The van der Waals surface area contributed by atoms with Crippen LogP contribution in [0, 0.1) is 13.8 Å². The minimum absolute atomic E-state index is 0.283. The fraction of sp³-hybridized carbons (Fsp3) is 0.467. The van der Waals surface area contributed by atoms with Crippen LogP contribution in [-0.2, 0) is 4.79 Å². The summed E-state index contributed by atoms with van der Waals surface area (Å²) in [5.74, 6) is -0.297. The third-order valence-electron chi connectivity index (χ3n) is 3.57. The number of carbonyl (C=O) groups is 1. The van der Waals surface area contributed by atoms with Crippen molar-refractivity contribution in [2.24, 2.45) is 5.73 Å². The number of carbonyl (C=O) groups excluding carboxylic acids is 1. The van der Waals surface area contributed by atoms with Crippen LogP contribution in [0.3, 0.4) is 0 Å². The molecule has 4 nitrogen and oxygen atoms in total. The van der Waals surface area contributed by atoms with Crippen molar-refractivity contribution in [1.82, 2.24) is 4.90 Å². The van der Waals surface area contributed by atoms with Gasteiger partial charge in [-0.15, -0.1) is 0 Å². The lowest BCUT2D eigenvalue weighted by Gasteiger charge is -2.35. The maximum atomic E-state index is 11.5. The van der Waals surface area contributed by atoms with E-state index in [0.29, 0.717) is 5.11 Å². The molecule has 1 atom stereocenters. The predicted molar refractivity (Wildman–Crippen MR) is 85.7 cm³/mol. The molecule has 1 amide bonds. The molecular weight excluding hydrogens is 270 g/mol. The molecule has 0 saturated carbocycles. The molecule has 1 aliphatic heterocycles. The molecule has 0 aliphatic carbocycles. The monoisotopic (exact) mass is 291 g/mol. The van der Waals surface area contributed by atoms with Crippen LogP contribution in [0.15, 0.2) is 18.2 Å². The van der Waals surface area contributed by atoms with Crippen molar-refractivity contribution in [2.45, 2.75) is 39.2 Å². The van der Waals surface area contributed by atoms with Gasteiger partial charge in [0.25, 0.3) is 0 Å². The molecule has 20 heavy (non-hydrogen) atoms. The smallest absolute Gasteiger partial charge is 0.240 e. The van der Waals surface area contributed by atoms with Crippen molar-refractivity contribution in [2.75, 3.05) is 11.9 Å². The molecule has 1 aromatic carbocycles. The number of anilines is 1. The van der Waals surface area contributed by atoms with Gasteiger partial charge >= 0.3 is 0 Å². The summed E-state index contributed by atoms with van der Waals surface area (Å²) in [4.78, 5) is 13.4. The first-order valence-electron chi connectivity index (χ1n) is 6.92. The average Bonchev–Trinajstić information content (AvgIpc) is 2.37. The third-order valence-corrected chi connectivity index (χ3v) is 3.90. The van der Waals surface area contributed by atoms with Crippen molar-refractivity contribution in [3.63, 3.8) is 0 Å². The summed E-state index contributed by atoms with van der Waals surface area (Å²) in [6, 6.07) is 5.92. The number of primary amides is 1. The quantitative estimate of drug-likeness (QED) is 0.821. The third kappa shape index (κ3) is 3.48. The molecule has 0 radical (unpaired) electrons. The van der Waals surface area contributed by atoms with Crippen LogP contribution in [0.2, 0.25) is 0 Å². The fourth-order valence-corrected chi connectivity index (χ4v) is 3.05. The summed E-state index contributed by atoms with van der Waals surface area (Å²) in [6.07, 6.45) is 2.85. The number of rotatable bonds is 2. The number of thiocarbonyl (C=S) groups is 1. The van der Waals surface area contributed by atoms with E-state index in [9.17, 15) is 4.79 Å². The van der Waals surface area contributed by atoms with Gasteiger partial charge in [0.05, 0.1) is 0 Å². The highest BCUT2D eigenvalue weighted by atomic mass is 32.1. The van der Waals surface area contributed by atoms with Gasteiger partial charge in [-0.25, -0.2) is 0 Å². The standard InChI is InChI=1S/C15H21N3OS/c1-10-7-11(2)9-12(8-10)17-15(20)18-6-4-3-5-13(18)14(16)19/h7-9,13H,3-6H2,1-2H3,(H2,16,19)(H,17,20)/t13-/m1/s1. The lowest BCUT2D eigenvalue weighted by atomic mass is 10.0. The van der Waals surface area contributed by atoms with Crippen LogP contribution in [0.25, 0.3) is 0 Å². The Kier molecular flexibility index (Phi) is 4.60. The first-order chi connectivity index (χ1) is 9.47. The van der Waals surface area contributed by atoms with E-state index < -0.39 is 0 Å². The first-order valence-corrected chi connectivity index (χ1v) is 7.33. The number of piperidine rings is 1. The predicted octanol–water partition coefficient (Wildman–Crippen LogP) is 2.34. The van der Waals surface area contributed by atoms with E-state index >= 15 is 0 Å². The number of likely N-dealkylation sites (tertiary alicyclic amines) is 1. The molecular formula is C15H21N3OS. The molecule has 0 unspecified atom stereocenters. The lowest BCUT2D eigenvalue weighted by Crippen LogP contribution is -2.51. The highest BCUT2D eigenvalue weighted by Crippen LogP contribution is 2.20. The molecule has 1 saturated heterocycles. The van der Waals surface area contributed by atoms with Gasteiger partial charge in [-0.1, -0.05) is 6.07 Å². The molecule has 0 aromatic heterocycles. The molecule has 0 bridgehead atoms. The summed E-state index contributed by atoms with van der Waals surface area (Å²) in [7, 11) is 0. The van der Waals surface area contributed by atoms with Crippen LogP contribution in [0.4, 0.5) is 5.69 Å². The average molecular weight is 291 g/mol. The second kappa shape index (κ2) is 6.22. The molecule has 0 spiro atoms. The Labute approximate surface area is 125 Å². The Morgan fingerprint density at radius 3 is 2.55 bits per heavy atom. The molecule has 3 N–H and O–H groups in total. The van der Waals surface area contributed by atoms with Crippen LogP contribution < -0.4 is 11.1 Å². The minimum Gasteiger partial charge on any atom is -0.368 e. The largest absolute Gasteiger partial charge is 0.368 e. The number of hydrogen-bond acceptors (Lipinski definition) is 2. The van der Waals surface area contributed by atoms with Crippen molar-refractivity contribution in [1.29, 1.82) is 0 Å². The van der Waals surface area contributed by atoms with Gasteiger partial charge in [0.1, 0.15) is 6.04 Å². The summed E-state index contributed by atoms with van der Waals surface area (Å²) < 4.78 is 0. The highest BCUT2D eigenvalue weighted by Gasteiger charge is 2.28. The molecule has 2 rings (SSSR count). The van der Waals surface area contributed by atoms with Crippen molar-refractivity contribution in [3.05, 3.63) is 29.3 Å². The Balaban J connectivity index is 2.11. The number of benzene rings is 1. The zero-order valence-electron chi connectivity index (χ0n) is 12.0. The fourth-order valence-electron chi connectivity index (χ4n) is 2.71. The molecule has 1 heterocycles. The van der Waals surface area contributed by atoms with Crippen LogP contribution >= 0.6 is 12.2 Å². The topological polar surface area (TPSA) is 58.4 Å². The maximum Gasteiger partial charge on any atom is 0.240 e. The van der Waals surface area contributed by atoms with E-state index in [0.717, 1.165) is 31.5 Å². The maximum absolute atomic E-state index is 11.5. The molecule has 1 fully saturated rings. The number of aryl methyl sites for hydroxylation is 2. The zero-order chi connectivity index (χ0) is 14.7.